The Balaban J connectivity index is 1.12. The summed E-state index contributed by atoms with van der Waals surface area (Å²) in [7, 11) is -4.72. The fourth-order valence-electron chi connectivity index (χ4n) is 6.82. The predicted octanol–water partition coefficient (Wildman–Crippen LogP) is 4.74. The van der Waals surface area contributed by atoms with Crippen LogP contribution in [0.3, 0.4) is 0 Å². The second-order valence-corrected chi connectivity index (χ2v) is 19.6. The summed E-state index contributed by atoms with van der Waals surface area (Å²) in [5.41, 5.74) is 12.4. The molecule has 3 fully saturated rings. The third-order valence-corrected chi connectivity index (χ3v) is 14.2. The summed E-state index contributed by atoms with van der Waals surface area (Å²) in [6.07, 6.45) is -2.84. The lowest BCUT2D eigenvalue weighted by atomic mass is 10.1. The minimum Gasteiger partial charge on any atom is -0.454 e. The van der Waals surface area contributed by atoms with Crippen LogP contribution in [0.25, 0.3) is 22.3 Å². The Morgan fingerprint density at radius 3 is 2.02 bits per heavy atom. The number of halogens is 2. The molecule has 4 aromatic heterocycles. The lowest BCUT2D eigenvalue weighted by Crippen LogP contribution is -2.35. The van der Waals surface area contributed by atoms with Gasteiger partial charge >= 0.3 is 20.4 Å². The van der Waals surface area contributed by atoms with Crippen molar-refractivity contribution in [1.29, 1.82) is 0 Å². The minimum absolute atomic E-state index is 0.0140. The molecule has 0 saturated carbocycles. The number of nitrogen functional groups attached to an aromatic ring is 2. The lowest BCUT2D eigenvalue weighted by molar-refractivity contribution is -0.141. The Morgan fingerprint density at radius 1 is 0.845 bits per heavy atom. The summed E-state index contributed by atoms with van der Waals surface area (Å²) >= 11 is 0.436. The maximum atomic E-state index is 16.7. The summed E-state index contributed by atoms with van der Waals surface area (Å²) in [5.74, 6) is -1.05. The van der Waals surface area contributed by atoms with E-state index in [1.54, 1.807) is 0 Å². The summed E-state index contributed by atoms with van der Waals surface area (Å²) in [4.78, 5) is 47.7. The van der Waals surface area contributed by atoms with Gasteiger partial charge < -0.3 is 39.8 Å². The van der Waals surface area contributed by atoms with Crippen molar-refractivity contribution in [3.8, 4) is 0 Å². The number of nitrogens with two attached hydrogens (primary N) is 2. The van der Waals surface area contributed by atoms with Crippen molar-refractivity contribution in [2.75, 3.05) is 37.0 Å². The molecule has 0 amide bonds. The fourth-order valence-corrected chi connectivity index (χ4v) is 10.5. The Bertz CT molecular complexity index is 2160. The molecule has 3 aliphatic rings. The van der Waals surface area contributed by atoms with E-state index >= 15 is 8.78 Å². The zero-order valence-corrected chi connectivity index (χ0v) is 33.8. The van der Waals surface area contributed by atoms with Gasteiger partial charge in [-0.1, -0.05) is 45.4 Å². The van der Waals surface area contributed by atoms with Crippen molar-refractivity contribution in [3.05, 3.63) is 25.3 Å². The SMILES string of the molecule is CCCCCCCCCC(=O)OCSP1(=O)OC[C@H]2O[C@@H](n3cnc4c(N)ncnc43)[C@H](F)[C@@H]2OCP(=O)(O)OCC2O[C@@H](n3cnc4c(N)ncnc43)[C@H](F)[C@@H]2O1. The van der Waals surface area contributed by atoms with Gasteiger partial charge in [0.2, 0.25) is 0 Å². The normalized spacial score (nSPS) is 32.0. The molecule has 58 heavy (non-hydrogen) atoms. The molecule has 26 heteroatoms. The topological polar surface area (TPSA) is 275 Å². The number of carbonyl (C=O) groups excluding carboxylic acids is 1. The number of hydrogen-bond acceptors (Lipinski definition) is 19. The molecular weight excluding hydrogens is 832 g/mol. The van der Waals surface area contributed by atoms with Crippen molar-refractivity contribution in [3.63, 3.8) is 0 Å². The molecule has 0 bridgehead atoms. The number of imidazole rings is 2. The summed E-state index contributed by atoms with van der Waals surface area (Å²) in [6, 6.07) is 0. The van der Waals surface area contributed by atoms with Crippen molar-refractivity contribution in [1.82, 2.24) is 39.0 Å². The smallest absolute Gasteiger partial charge is 0.392 e. The van der Waals surface area contributed by atoms with Gasteiger partial charge in [0.1, 0.15) is 60.4 Å². The van der Waals surface area contributed by atoms with E-state index in [2.05, 4.69) is 36.8 Å². The Morgan fingerprint density at radius 2 is 1.40 bits per heavy atom. The number of alkyl halides is 2. The number of rotatable bonds is 13. The molecule has 0 aromatic carbocycles. The average Bonchev–Trinajstić information content (AvgIpc) is 3.96. The van der Waals surface area contributed by atoms with Gasteiger partial charge in [-0.2, -0.15) is 0 Å². The standard InChI is InChI=1S/C32H44F2N10O11P2S/c1-2-3-4-5-6-7-8-9-20(45)50-17-58-57(48)52-11-18-25(21(33)31(53-18)43-14-41-23-27(35)37-12-39-29(23)43)49-16-56(46,47)51-10-19-26(55-57)22(34)32(54-19)44-15-42-24-28(36)38-13-40-30(24)44/h12-15,18-19,21-22,25-26,31-32H,2-11,16-17H2,1H3,(H,46,47)(H2,35,37,39)(H2,36,38,40)/t18-,19?,21-,22-,25-,26-,31-,32-,57?/m1/s1. The molecule has 3 unspecified atom stereocenters. The zero-order chi connectivity index (χ0) is 41.0. The summed E-state index contributed by atoms with van der Waals surface area (Å²) in [5, 5.41) is 0. The number of carbonyl (C=O) groups is 1. The Hall–Kier alpha value is -3.44. The van der Waals surface area contributed by atoms with Crippen molar-refractivity contribution in [2.24, 2.45) is 0 Å². The molecule has 4 aromatic rings. The predicted molar refractivity (Wildman–Crippen MR) is 202 cm³/mol. The van der Waals surface area contributed by atoms with Gasteiger partial charge in [0.15, 0.2) is 47.7 Å². The van der Waals surface area contributed by atoms with Crippen molar-refractivity contribution in [2.45, 2.75) is 108 Å². The van der Waals surface area contributed by atoms with E-state index in [9.17, 15) is 18.8 Å². The largest absolute Gasteiger partial charge is 0.454 e. The van der Waals surface area contributed by atoms with E-state index in [4.69, 9.17) is 44.0 Å². The first-order valence-corrected chi connectivity index (χ1v) is 23.5. The summed E-state index contributed by atoms with van der Waals surface area (Å²) < 4.78 is 103. The molecule has 0 spiro atoms. The molecule has 7 heterocycles. The van der Waals surface area contributed by atoms with Gasteiger partial charge in [-0.05, 0) is 6.42 Å². The summed E-state index contributed by atoms with van der Waals surface area (Å²) in [6.45, 7) is -3.99. The highest BCUT2D eigenvalue weighted by atomic mass is 32.7. The molecule has 3 aliphatic heterocycles. The van der Waals surface area contributed by atoms with Gasteiger partial charge in [0.05, 0.1) is 25.9 Å². The van der Waals surface area contributed by atoms with Gasteiger partial charge in [-0.3, -0.25) is 27.5 Å². The highest BCUT2D eigenvalue weighted by molar-refractivity contribution is 8.55. The molecule has 318 valence electrons. The number of unbranched alkanes of at least 4 members (excludes halogenated alkanes) is 6. The van der Waals surface area contributed by atoms with E-state index in [0.717, 1.165) is 51.2 Å². The highest BCUT2D eigenvalue weighted by Gasteiger charge is 2.54. The van der Waals surface area contributed by atoms with Gasteiger partial charge in [0.25, 0.3) is 0 Å². The zero-order valence-electron chi connectivity index (χ0n) is 31.2. The van der Waals surface area contributed by atoms with Gasteiger partial charge in [0, 0.05) is 17.8 Å². The van der Waals surface area contributed by atoms with Crippen LogP contribution in [-0.2, 0) is 46.4 Å². The second-order valence-electron chi connectivity index (χ2n) is 13.8. The van der Waals surface area contributed by atoms with Crippen LogP contribution in [-0.4, -0.2) is 112 Å². The highest BCUT2D eigenvalue weighted by Crippen LogP contribution is 2.63. The van der Waals surface area contributed by atoms with E-state index in [0.29, 0.717) is 17.8 Å². The number of hydrogen-bond donors (Lipinski definition) is 3. The van der Waals surface area contributed by atoms with E-state index in [1.807, 2.05) is 0 Å². The first-order valence-electron chi connectivity index (χ1n) is 18.6. The Kier molecular flexibility index (Phi) is 13.6. The number of anilines is 2. The van der Waals surface area contributed by atoms with Crippen molar-refractivity contribution >= 4 is 65.7 Å². The maximum absolute atomic E-state index is 16.7. The number of ether oxygens (including phenoxy) is 4. The van der Waals surface area contributed by atoms with Crippen LogP contribution in [0, 0.1) is 0 Å². The van der Waals surface area contributed by atoms with Crippen LogP contribution in [0.2, 0.25) is 0 Å². The third-order valence-electron chi connectivity index (χ3n) is 9.79. The number of aromatic nitrogens is 8. The second kappa shape index (κ2) is 18.4. The average molecular weight is 877 g/mol. The third kappa shape index (κ3) is 9.46. The quantitative estimate of drug-likeness (QED) is 0.0707. The van der Waals surface area contributed by atoms with Crippen LogP contribution < -0.4 is 11.5 Å². The van der Waals surface area contributed by atoms with Crippen LogP contribution in [0.5, 0.6) is 0 Å². The van der Waals surface area contributed by atoms with Gasteiger partial charge in [-0.25, -0.2) is 43.2 Å². The number of nitrogens with zero attached hydrogens (tertiary/aromatic N) is 8. The number of esters is 1. The molecule has 3 saturated heterocycles. The monoisotopic (exact) mass is 876 g/mol. The van der Waals surface area contributed by atoms with Crippen LogP contribution >= 0.6 is 25.8 Å². The molecule has 0 aliphatic carbocycles. The van der Waals surface area contributed by atoms with Crippen LogP contribution in [0.15, 0.2) is 25.3 Å². The fraction of sp³-hybridized carbons (Fsp3) is 0.656. The lowest BCUT2D eigenvalue weighted by Gasteiger charge is -2.26. The molecule has 7 rings (SSSR count). The maximum Gasteiger partial charge on any atom is 0.392 e. The van der Waals surface area contributed by atoms with Crippen molar-refractivity contribution < 1.29 is 60.1 Å². The van der Waals surface area contributed by atoms with Crippen LogP contribution in [0.4, 0.5) is 20.4 Å². The molecular formula is C32H44F2N10O11P2S. The van der Waals surface area contributed by atoms with E-state index in [-0.39, 0.29) is 40.4 Å². The molecule has 5 N–H and O–H groups in total. The number of fused-ring (bicyclic) bond motifs is 4. The van der Waals surface area contributed by atoms with Gasteiger partial charge in [-0.15, -0.1) is 0 Å². The first-order chi connectivity index (χ1) is 27.9. The minimum atomic E-state index is -4.72. The van der Waals surface area contributed by atoms with E-state index in [1.165, 1.54) is 21.8 Å². The van der Waals surface area contributed by atoms with E-state index < -0.39 is 95.1 Å². The first kappa shape index (κ1) is 42.7. The van der Waals surface area contributed by atoms with Crippen LogP contribution in [0.1, 0.15) is 70.7 Å². The molecule has 10 atom stereocenters. The molecule has 0 radical (unpaired) electrons. The molecule has 21 nitrogen and oxygen atoms in total. The Labute approximate surface area is 334 Å².